The summed E-state index contributed by atoms with van der Waals surface area (Å²) in [5.41, 5.74) is 1.75. The average Bonchev–Trinajstić information content (AvgIpc) is 2.82. The van der Waals surface area contributed by atoms with Crippen molar-refractivity contribution in [2.24, 2.45) is 0 Å². The van der Waals surface area contributed by atoms with Crippen LogP contribution in [-0.2, 0) is 11.2 Å². The number of rotatable bonds is 2. The van der Waals surface area contributed by atoms with Gasteiger partial charge in [0.25, 0.3) is 0 Å². The van der Waals surface area contributed by atoms with Crippen LogP contribution in [0.3, 0.4) is 0 Å². The van der Waals surface area contributed by atoms with Crippen molar-refractivity contribution in [3.8, 4) is 11.4 Å². The molecule has 19 heavy (non-hydrogen) atoms. The van der Waals surface area contributed by atoms with Gasteiger partial charge in [-0.2, -0.15) is 0 Å². The number of carboxylic acids is 1. The van der Waals surface area contributed by atoms with Crippen LogP contribution in [-0.4, -0.2) is 20.6 Å². The van der Waals surface area contributed by atoms with E-state index in [1.165, 1.54) is 0 Å². The molecule has 1 aromatic carbocycles. The number of halogens is 1. The third-order valence-corrected chi connectivity index (χ3v) is 3.83. The first-order valence-electron chi connectivity index (χ1n) is 6.22. The predicted molar refractivity (Wildman–Crippen MR) is 72.3 cm³/mol. The summed E-state index contributed by atoms with van der Waals surface area (Å²) in [7, 11) is 0. The summed E-state index contributed by atoms with van der Waals surface area (Å²) >= 11 is 6.18. The SMILES string of the molecule is O=C(O)C1CCCc2cnc(-c3ccccc3Cl)n21. The molecule has 1 unspecified atom stereocenters. The predicted octanol–water partition coefficient (Wildman–Crippen LogP) is 3.17. The van der Waals surface area contributed by atoms with Gasteiger partial charge in [-0.25, -0.2) is 9.78 Å². The summed E-state index contributed by atoms with van der Waals surface area (Å²) in [5, 5.41) is 9.95. The highest BCUT2D eigenvalue weighted by Gasteiger charge is 2.29. The maximum atomic E-state index is 11.4. The van der Waals surface area contributed by atoms with Crippen LogP contribution >= 0.6 is 11.6 Å². The first kappa shape index (κ1) is 12.2. The van der Waals surface area contributed by atoms with E-state index >= 15 is 0 Å². The van der Waals surface area contributed by atoms with E-state index in [1.54, 1.807) is 12.3 Å². The lowest BCUT2D eigenvalue weighted by Crippen LogP contribution is -2.25. The van der Waals surface area contributed by atoms with Gasteiger partial charge in [0.1, 0.15) is 11.9 Å². The minimum Gasteiger partial charge on any atom is -0.480 e. The molecule has 1 aliphatic heterocycles. The molecule has 0 saturated carbocycles. The molecule has 1 atom stereocenters. The van der Waals surface area contributed by atoms with Gasteiger partial charge in [-0.1, -0.05) is 23.7 Å². The Morgan fingerprint density at radius 1 is 1.42 bits per heavy atom. The number of carboxylic acid groups (broad SMARTS) is 1. The lowest BCUT2D eigenvalue weighted by atomic mass is 10.0. The van der Waals surface area contributed by atoms with Crippen molar-refractivity contribution >= 4 is 17.6 Å². The van der Waals surface area contributed by atoms with Crippen molar-refractivity contribution in [2.45, 2.75) is 25.3 Å². The van der Waals surface area contributed by atoms with Crippen molar-refractivity contribution in [3.05, 3.63) is 41.2 Å². The molecule has 98 valence electrons. The number of benzene rings is 1. The van der Waals surface area contributed by atoms with Crippen LogP contribution in [0.1, 0.15) is 24.6 Å². The van der Waals surface area contributed by atoms with Gasteiger partial charge in [-0.05, 0) is 31.4 Å². The number of hydrogen-bond donors (Lipinski definition) is 1. The molecule has 0 aliphatic carbocycles. The van der Waals surface area contributed by atoms with Crippen molar-refractivity contribution in [2.75, 3.05) is 0 Å². The summed E-state index contributed by atoms with van der Waals surface area (Å²) < 4.78 is 1.81. The number of aryl methyl sites for hydroxylation is 1. The molecule has 2 heterocycles. The smallest absolute Gasteiger partial charge is 0.326 e. The van der Waals surface area contributed by atoms with E-state index in [0.717, 1.165) is 24.1 Å². The second-order valence-electron chi connectivity index (χ2n) is 4.67. The molecule has 5 heteroatoms. The fraction of sp³-hybridized carbons (Fsp3) is 0.286. The fourth-order valence-electron chi connectivity index (χ4n) is 2.61. The van der Waals surface area contributed by atoms with E-state index in [0.29, 0.717) is 17.3 Å². The highest BCUT2D eigenvalue weighted by molar-refractivity contribution is 6.33. The van der Waals surface area contributed by atoms with Crippen LogP contribution in [0.15, 0.2) is 30.5 Å². The summed E-state index contributed by atoms with van der Waals surface area (Å²) in [6.07, 6.45) is 4.13. The van der Waals surface area contributed by atoms with Crippen LogP contribution in [0, 0.1) is 0 Å². The second kappa shape index (κ2) is 4.70. The van der Waals surface area contributed by atoms with Crippen LogP contribution < -0.4 is 0 Å². The number of carbonyl (C=O) groups is 1. The Hall–Kier alpha value is -1.81. The van der Waals surface area contributed by atoms with Gasteiger partial charge in [0.15, 0.2) is 0 Å². The molecule has 1 N–H and O–H groups in total. The van der Waals surface area contributed by atoms with E-state index in [4.69, 9.17) is 11.6 Å². The summed E-state index contributed by atoms with van der Waals surface area (Å²) in [6, 6.07) is 6.84. The van der Waals surface area contributed by atoms with Gasteiger partial charge in [-0.3, -0.25) is 0 Å². The molecule has 0 amide bonds. The molecule has 4 nitrogen and oxygen atoms in total. The largest absolute Gasteiger partial charge is 0.480 e. The van der Waals surface area contributed by atoms with E-state index < -0.39 is 12.0 Å². The van der Waals surface area contributed by atoms with Gasteiger partial charge in [0.2, 0.25) is 0 Å². The number of imidazole rings is 1. The third kappa shape index (κ3) is 2.02. The van der Waals surface area contributed by atoms with E-state index in [1.807, 2.05) is 22.8 Å². The number of aromatic nitrogens is 2. The summed E-state index contributed by atoms with van der Waals surface area (Å²) in [4.78, 5) is 15.8. The van der Waals surface area contributed by atoms with Crippen molar-refractivity contribution < 1.29 is 9.90 Å². The van der Waals surface area contributed by atoms with Gasteiger partial charge < -0.3 is 9.67 Å². The zero-order valence-electron chi connectivity index (χ0n) is 10.2. The molecule has 0 saturated heterocycles. The lowest BCUT2D eigenvalue weighted by molar-refractivity contribution is -0.141. The minimum atomic E-state index is -0.813. The Kier molecular flexibility index (Phi) is 3.03. The molecular weight excluding hydrogens is 264 g/mol. The minimum absolute atomic E-state index is 0.544. The van der Waals surface area contributed by atoms with Gasteiger partial charge in [-0.15, -0.1) is 0 Å². The Balaban J connectivity index is 2.17. The van der Waals surface area contributed by atoms with Crippen molar-refractivity contribution in [1.82, 2.24) is 9.55 Å². The molecule has 0 spiro atoms. The van der Waals surface area contributed by atoms with Gasteiger partial charge in [0.05, 0.1) is 5.02 Å². The first-order chi connectivity index (χ1) is 9.18. The maximum absolute atomic E-state index is 11.4. The van der Waals surface area contributed by atoms with Crippen LogP contribution in [0.2, 0.25) is 5.02 Å². The molecule has 0 bridgehead atoms. The van der Waals surface area contributed by atoms with Crippen LogP contribution in [0.4, 0.5) is 0 Å². The highest BCUT2D eigenvalue weighted by atomic mass is 35.5. The molecule has 2 aromatic rings. The lowest BCUT2D eigenvalue weighted by Gasteiger charge is -2.24. The second-order valence-corrected chi connectivity index (χ2v) is 5.08. The quantitative estimate of drug-likeness (QED) is 0.917. The van der Waals surface area contributed by atoms with Gasteiger partial charge >= 0.3 is 5.97 Å². The Labute approximate surface area is 115 Å². The zero-order chi connectivity index (χ0) is 13.4. The Morgan fingerprint density at radius 3 is 2.95 bits per heavy atom. The van der Waals surface area contributed by atoms with Crippen molar-refractivity contribution in [3.63, 3.8) is 0 Å². The molecule has 1 aliphatic rings. The van der Waals surface area contributed by atoms with Crippen molar-refractivity contribution in [1.29, 1.82) is 0 Å². The number of fused-ring (bicyclic) bond motifs is 1. The fourth-order valence-corrected chi connectivity index (χ4v) is 2.83. The van der Waals surface area contributed by atoms with Crippen LogP contribution in [0.25, 0.3) is 11.4 Å². The van der Waals surface area contributed by atoms with E-state index in [-0.39, 0.29) is 0 Å². The molecule has 0 radical (unpaired) electrons. The molecule has 0 fully saturated rings. The van der Waals surface area contributed by atoms with E-state index in [9.17, 15) is 9.90 Å². The summed E-state index contributed by atoms with van der Waals surface area (Å²) in [5.74, 6) is -0.167. The molecule has 1 aromatic heterocycles. The Morgan fingerprint density at radius 2 is 2.21 bits per heavy atom. The average molecular weight is 277 g/mol. The number of aliphatic carboxylic acids is 1. The molecule has 3 rings (SSSR count). The molecular formula is C14H13ClN2O2. The van der Waals surface area contributed by atoms with E-state index in [2.05, 4.69) is 4.98 Å². The number of nitrogens with zero attached hydrogens (tertiary/aromatic N) is 2. The first-order valence-corrected chi connectivity index (χ1v) is 6.60. The standard InChI is InChI=1S/C14H13ClN2O2/c15-11-6-2-1-5-10(11)13-16-8-9-4-3-7-12(14(18)19)17(9)13/h1-2,5-6,8,12H,3-4,7H2,(H,18,19). The zero-order valence-corrected chi connectivity index (χ0v) is 11.0. The monoisotopic (exact) mass is 276 g/mol. The maximum Gasteiger partial charge on any atom is 0.326 e. The van der Waals surface area contributed by atoms with Crippen LogP contribution in [0.5, 0.6) is 0 Å². The van der Waals surface area contributed by atoms with Gasteiger partial charge in [0, 0.05) is 17.5 Å². The normalized spacial score (nSPS) is 18.1. The Bertz CT molecular complexity index is 636. The summed E-state index contributed by atoms with van der Waals surface area (Å²) in [6.45, 7) is 0. The topological polar surface area (TPSA) is 55.1 Å². The number of hydrogen-bond acceptors (Lipinski definition) is 2. The highest BCUT2D eigenvalue weighted by Crippen LogP contribution is 2.34. The third-order valence-electron chi connectivity index (χ3n) is 3.50.